The van der Waals surface area contributed by atoms with Crippen molar-refractivity contribution >= 4 is 27.3 Å². The molecule has 1 saturated heterocycles. The number of likely N-dealkylation sites (tertiary alicyclic amines) is 1. The summed E-state index contributed by atoms with van der Waals surface area (Å²) in [4.78, 5) is 5.47. The molecule has 0 spiro atoms. The van der Waals surface area contributed by atoms with Gasteiger partial charge in [0.2, 0.25) is 0 Å². The van der Waals surface area contributed by atoms with E-state index in [0.29, 0.717) is 0 Å². The van der Waals surface area contributed by atoms with Gasteiger partial charge in [0.15, 0.2) is 0 Å². The first-order valence-corrected chi connectivity index (χ1v) is 7.91. The predicted molar refractivity (Wildman–Crippen MR) is 78.7 cm³/mol. The number of halogens is 1. The molecule has 2 nitrogen and oxygen atoms in total. The van der Waals surface area contributed by atoms with Crippen LogP contribution in [0.2, 0.25) is 0 Å². The Bertz CT molecular complexity index is 337. The van der Waals surface area contributed by atoms with Crippen LogP contribution in [-0.2, 0) is 6.54 Å². The second kappa shape index (κ2) is 6.32. The third kappa shape index (κ3) is 3.78. The summed E-state index contributed by atoms with van der Waals surface area (Å²) in [7, 11) is 2.05. The number of thiophene rings is 1. The third-order valence-electron chi connectivity index (χ3n) is 3.49. The van der Waals surface area contributed by atoms with E-state index in [-0.39, 0.29) is 0 Å². The van der Waals surface area contributed by atoms with Gasteiger partial charge in [-0.15, -0.1) is 11.3 Å². The molecule has 2 rings (SSSR count). The molecule has 0 radical (unpaired) electrons. The summed E-state index contributed by atoms with van der Waals surface area (Å²) in [5.41, 5.74) is 0. The van der Waals surface area contributed by atoms with Crippen molar-refractivity contribution in [3.05, 3.63) is 20.3 Å². The Balaban J connectivity index is 1.81. The van der Waals surface area contributed by atoms with Crippen LogP contribution in [0.4, 0.5) is 0 Å². The van der Waals surface area contributed by atoms with Gasteiger partial charge in [-0.25, -0.2) is 0 Å². The van der Waals surface area contributed by atoms with Crippen LogP contribution in [0.25, 0.3) is 0 Å². The van der Waals surface area contributed by atoms with E-state index >= 15 is 0 Å². The molecule has 0 saturated carbocycles. The third-order valence-corrected chi connectivity index (χ3v) is 5.61. The minimum atomic E-state index is 0.882. The number of rotatable bonds is 4. The van der Waals surface area contributed by atoms with Crippen molar-refractivity contribution in [2.24, 2.45) is 5.92 Å². The van der Waals surface area contributed by atoms with Crippen molar-refractivity contribution in [1.82, 2.24) is 10.2 Å². The Labute approximate surface area is 117 Å². The minimum absolute atomic E-state index is 0.882. The quantitative estimate of drug-likeness (QED) is 0.917. The first-order valence-electron chi connectivity index (χ1n) is 6.31. The molecule has 1 aliphatic rings. The van der Waals surface area contributed by atoms with Crippen LogP contribution in [0.5, 0.6) is 0 Å². The maximum atomic E-state index is 3.59. The Kier molecular flexibility index (Phi) is 5.03. The molecule has 1 fully saturated rings. The molecule has 0 unspecified atom stereocenters. The fraction of sp³-hybridized carbons (Fsp3) is 0.692. The highest BCUT2D eigenvalue weighted by Gasteiger charge is 2.19. The Morgan fingerprint density at radius 3 is 2.71 bits per heavy atom. The lowest BCUT2D eigenvalue weighted by molar-refractivity contribution is 0.178. The maximum Gasteiger partial charge on any atom is 0.0328 e. The number of hydrogen-bond acceptors (Lipinski definition) is 3. The first-order chi connectivity index (χ1) is 8.19. The summed E-state index contributed by atoms with van der Waals surface area (Å²) in [5, 5.41) is 3.29. The van der Waals surface area contributed by atoms with Crippen LogP contribution in [0.3, 0.4) is 0 Å². The lowest BCUT2D eigenvalue weighted by atomic mass is 9.97. The summed E-state index contributed by atoms with van der Waals surface area (Å²) < 4.78 is 1.27. The smallest absolute Gasteiger partial charge is 0.0328 e. The number of nitrogens with one attached hydrogen (secondary N) is 1. The van der Waals surface area contributed by atoms with E-state index in [4.69, 9.17) is 0 Å². The van der Waals surface area contributed by atoms with Gasteiger partial charge in [-0.1, -0.05) is 0 Å². The van der Waals surface area contributed by atoms with Crippen LogP contribution < -0.4 is 5.32 Å². The van der Waals surface area contributed by atoms with Gasteiger partial charge in [0, 0.05) is 20.8 Å². The van der Waals surface area contributed by atoms with Gasteiger partial charge in [-0.05, 0) is 74.4 Å². The van der Waals surface area contributed by atoms with Crippen LogP contribution in [-0.4, -0.2) is 31.6 Å². The van der Waals surface area contributed by atoms with Gasteiger partial charge in [0.25, 0.3) is 0 Å². The van der Waals surface area contributed by atoms with Crippen molar-refractivity contribution in [3.63, 3.8) is 0 Å². The molecule has 1 aromatic heterocycles. The van der Waals surface area contributed by atoms with Gasteiger partial charge in [0.05, 0.1) is 0 Å². The second-order valence-corrected chi connectivity index (χ2v) is 7.09. The lowest BCUT2D eigenvalue weighted by Crippen LogP contribution is -2.36. The van der Waals surface area contributed by atoms with Gasteiger partial charge in [-0.2, -0.15) is 0 Å². The molecule has 17 heavy (non-hydrogen) atoms. The van der Waals surface area contributed by atoms with Crippen molar-refractivity contribution < 1.29 is 0 Å². The standard InChI is InChI=1S/C13H21BrN2S/c1-10-13(14)7-12(17-10)9-16-5-3-11(4-6-16)8-15-2/h7,11,15H,3-6,8-9H2,1-2H3. The fourth-order valence-corrected chi connectivity index (χ4v) is 4.10. The van der Waals surface area contributed by atoms with Crippen molar-refractivity contribution in [3.8, 4) is 0 Å². The average molecular weight is 317 g/mol. The number of piperidine rings is 1. The predicted octanol–water partition coefficient (Wildman–Crippen LogP) is 3.25. The molecular weight excluding hydrogens is 296 g/mol. The summed E-state index contributed by atoms with van der Waals surface area (Å²) in [6.07, 6.45) is 2.68. The molecule has 96 valence electrons. The average Bonchev–Trinajstić information content (AvgIpc) is 2.61. The molecule has 0 amide bonds. The number of nitrogens with zero attached hydrogens (tertiary/aromatic N) is 1. The zero-order valence-corrected chi connectivity index (χ0v) is 13.0. The van der Waals surface area contributed by atoms with Gasteiger partial charge < -0.3 is 5.32 Å². The monoisotopic (exact) mass is 316 g/mol. The molecule has 0 aromatic carbocycles. The molecule has 4 heteroatoms. The minimum Gasteiger partial charge on any atom is -0.319 e. The van der Waals surface area contributed by atoms with Crippen molar-refractivity contribution in [2.45, 2.75) is 26.3 Å². The number of hydrogen-bond donors (Lipinski definition) is 1. The van der Waals surface area contributed by atoms with Gasteiger partial charge in [-0.3, -0.25) is 4.90 Å². The van der Waals surface area contributed by atoms with E-state index in [9.17, 15) is 0 Å². The highest BCUT2D eigenvalue weighted by atomic mass is 79.9. The zero-order valence-electron chi connectivity index (χ0n) is 10.6. The van der Waals surface area contributed by atoms with Crippen LogP contribution in [0.15, 0.2) is 10.5 Å². The second-order valence-electron chi connectivity index (χ2n) is 4.89. The summed E-state index contributed by atoms with van der Waals surface area (Å²) in [6.45, 7) is 6.99. The van der Waals surface area contributed by atoms with Crippen molar-refractivity contribution in [2.75, 3.05) is 26.7 Å². The lowest BCUT2D eigenvalue weighted by Gasteiger charge is -2.31. The molecular formula is C13H21BrN2S. The van der Waals surface area contributed by atoms with E-state index in [2.05, 4.69) is 46.2 Å². The maximum absolute atomic E-state index is 3.59. The SMILES string of the molecule is CNCC1CCN(Cc2cc(Br)c(C)s2)CC1. The fourth-order valence-electron chi connectivity index (χ4n) is 2.45. The molecule has 0 atom stereocenters. The normalized spacial score (nSPS) is 18.8. The Hall–Kier alpha value is 0.1000. The van der Waals surface area contributed by atoms with Crippen LogP contribution in [0.1, 0.15) is 22.6 Å². The highest BCUT2D eigenvalue weighted by Crippen LogP contribution is 2.28. The Morgan fingerprint density at radius 1 is 1.47 bits per heavy atom. The Morgan fingerprint density at radius 2 is 2.18 bits per heavy atom. The molecule has 1 N–H and O–H groups in total. The summed E-state index contributed by atoms with van der Waals surface area (Å²) >= 11 is 5.51. The van der Waals surface area contributed by atoms with E-state index in [1.165, 1.54) is 46.7 Å². The first kappa shape index (κ1) is 13.5. The van der Waals surface area contributed by atoms with E-state index in [1.807, 2.05) is 11.3 Å². The number of aryl methyl sites for hydroxylation is 1. The largest absolute Gasteiger partial charge is 0.319 e. The van der Waals surface area contributed by atoms with Crippen LogP contribution >= 0.6 is 27.3 Å². The molecule has 2 heterocycles. The zero-order chi connectivity index (χ0) is 12.3. The van der Waals surface area contributed by atoms with Crippen LogP contribution in [0, 0.1) is 12.8 Å². The van der Waals surface area contributed by atoms with Crippen molar-refractivity contribution in [1.29, 1.82) is 0 Å². The summed E-state index contributed by atoms with van der Waals surface area (Å²) in [5.74, 6) is 0.882. The molecule has 0 aliphatic carbocycles. The van der Waals surface area contributed by atoms with E-state index in [1.54, 1.807) is 0 Å². The molecule has 1 aromatic rings. The highest BCUT2D eigenvalue weighted by molar-refractivity contribution is 9.10. The molecule has 0 bridgehead atoms. The topological polar surface area (TPSA) is 15.3 Å². The summed E-state index contributed by atoms with van der Waals surface area (Å²) in [6, 6.07) is 2.28. The van der Waals surface area contributed by atoms with Gasteiger partial charge >= 0.3 is 0 Å². The van der Waals surface area contributed by atoms with Gasteiger partial charge in [0.1, 0.15) is 0 Å². The molecule has 1 aliphatic heterocycles. The van der Waals surface area contributed by atoms with E-state index in [0.717, 1.165) is 12.5 Å². The van der Waals surface area contributed by atoms with E-state index < -0.39 is 0 Å².